The fourth-order valence-electron chi connectivity index (χ4n) is 2.94. The molecule has 2 atom stereocenters. The van der Waals surface area contributed by atoms with E-state index in [0.29, 0.717) is 16.5 Å². The molecule has 0 radical (unpaired) electrons. The summed E-state index contributed by atoms with van der Waals surface area (Å²) in [5.74, 6) is 0.470. The van der Waals surface area contributed by atoms with Crippen molar-refractivity contribution >= 4 is 17.4 Å². The number of halogens is 1. The van der Waals surface area contributed by atoms with Gasteiger partial charge < -0.3 is 14.1 Å². The Morgan fingerprint density at radius 3 is 2.68 bits per heavy atom. The minimum atomic E-state index is -0.380. The molecule has 0 aliphatic carbocycles. The third-order valence-corrected chi connectivity index (χ3v) is 5.43. The van der Waals surface area contributed by atoms with E-state index in [1.165, 1.54) is 17.8 Å². The minimum absolute atomic E-state index is 0.0207. The molecule has 0 spiro atoms. The van der Waals surface area contributed by atoms with Gasteiger partial charge in [-0.15, -0.1) is 10.2 Å². The Balaban J connectivity index is 1.32. The topological polar surface area (TPSA) is 63.4 Å². The third kappa shape index (κ3) is 4.19. The molecule has 2 aromatic carbocycles. The van der Waals surface area contributed by atoms with Crippen molar-refractivity contribution in [1.82, 2.24) is 15.5 Å². The lowest BCUT2D eigenvalue weighted by atomic mass is 10.2. The molecule has 1 N–H and O–H groups in total. The van der Waals surface area contributed by atoms with Crippen LogP contribution in [-0.2, 0) is 4.74 Å². The number of ether oxygens (including phenoxy) is 1. The summed E-state index contributed by atoms with van der Waals surface area (Å²) < 4.78 is 25.5. The lowest BCUT2D eigenvalue weighted by Crippen LogP contribution is -2.16. The largest absolute Gasteiger partial charge is 0.411 e. The van der Waals surface area contributed by atoms with E-state index in [1.807, 2.05) is 14.1 Å². The Morgan fingerprint density at radius 2 is 1.93 bits per heavy atom. The predicted molar refractivity (Wildman–Crippen MR) is 107 cm³/mol. The number of thioether (sulfide) groups is 1. The van der Waals surface area contributed by atoms with Crippen LogP contribution in [0.1, 0.15) is 11.8 Å². The van der Waals surface area contributed by atoms with Gasteiger partial charge in [-0.3, -0.25) is 5.32 Å². The first-order chi connectivity index (χ1) is 13.6. The Morgan fingerprint density at radius 1 is 1.14 bits per heavy atom. The Labute approximate surface area is 167 Å². The molecule has 6 nitrogen and oxygen atoms in total. The molecular formula is C20H21FN4O2S. The average molecular weight is 400 g/mol. The minimum Gasteiger partial charge on any atom is -0.411 e. The molecule has 1 fully saturated rings. The molecule has 1 aromatic heterocycles. The van der Waals surface area contributed by atoms with Crippen LogP contribution < -0.4 is 10.2 Å². The molecule has 8 heteroatoms. The zero-order valence-electron chi connectivity index (χ0n) is 15.6. The number of nitrogens with zero attached hydrogens (tertiary/aromatic N) is 3. The van der Waals surface area contributed by atoms with Gasteiger partial charge in [0.15, 0.2) is 0 Å². The summed E-state index contributed by atoms with van der Waals surface area (Å²) in [6.07, 6.45) is -0.106. The maximum absolute atomic E-state index is 13.8. The van der Waals surface area contributed by atoms with Crippen LogP contribution in [0.3, 0.4) is 0 Å². The summed E-state index contributed by atoms with van der Waals surface area (Å²) >= 11 is 1.41. The zero-order chi connectivity index (χ0) is 19.5. The zero-order valence-corrected chi connectivity index (χ0v) is 16.4. The number of anilines is 1. The number of hydrogen-bond acceptors (Lipinski definition) is 7. The highest BCUT2D eigenvalue weighted by Gasteiger charge is 2.26. The first-order valence-corrected chi connectivity index (χ1v) is 9.96. The lowest BCUT2D eigenvalue weighted by Gasteiger charge is -2.16. The van der Waals surface area contributed by atoms with Gasteiger partial charge in [0.25, 0.3) is 11.1 Å². The molecule has 3 aromatic rings. The number of benzene rings is 2. The summed E-state index contributed by atoms with van der Waals surface area (Å²) in [6, 6.07) is 14.6. The predicted octanol–water partition coefficient (Wildman–Crippen LogP) is 3.72. The number of nitrogens with one attached hydrogen (secondary N) is 1. The van der Waals surface area contributed by atoms with Crippen molar-refractivity contribution in [2.45, 2.75) is 17.6 Å². The van der Waals surface area contributed by atoms with Gasteiger partial charge in [0.1, 0.15) is 12.0 Å². The van der Waals surface area contributed by atoms with Crippen LogP contribution in [0.15, 0.2) is 58.2 Å². The van der Waals surface area contributed by atoms with Crippen LogP contribution in [0.25, 0.3) is 11.5 Å². The van der Waals surface area contributed by atoms with Gasteiger partial charge in [-0.1, -0.05) is 36.0 Å². The number of rotatable bonds is 6. The standard InChI is InChI=1S/C20H21FN4O2S/c1-25(2)14-9-7-13(8-10-14)18-22-11-15(26-18)12-28-20-24-23-19(27-20)16-5-3-4-6-17(16)21/h3-10,15,18,22H,11-12H2,1-2H3/t15-,18-/m0/s1. The fraction of sp³-hybridized carbons (Fsp3) is 0.300. The van der Waals surface area contributed by atoms with E-state index in [1.54, 1.807) is 18.2 Å². The maximum atomic E-state index is 13.8. The maximum Gasteiger partial charge on any atom is 0.276 e. The van der Waals surface area contributed by atoms with Crippen molar-refractivity contribution < 1.29 is 13.5 Å². The van der Waals surface area contributed by atoms with E-state index in [-0.39, 0.29) is 24.0 Å². The molecule has 146 valence electrons. The van der Waals surface area contributed by atoms with Gasteiger partial charge in [0.2, 0.25) is 0 Å². The molecule has 0 unspecified atom stereocenters. The molecule has 1 aliphatic heterocycles. The van der Waals surface area contributed by atoms with E-state index in [0.717, 1.165) is 17.8 Å². The highest BCUT2D eigenvalue weighted by molar-refractivity contribution is 7.99. The molecule has 1 saturated heterocycles. The first kappa shape index (κ1) is 18.9. The van der Waals surface area contributed by atoms with Crippen molar-refractivity contribution in [1.29, 1.82) is 0 Å². The summed E-state index contributed by atoms with van der Waals surface area (Å²) in [6.45, 7) is 0.738. The molecule has 0 bridgehead atoms. The molecule has 0 amide bonds. The van der Waals surface area contributed by atoms with E-state index >= 15 is 0 Å². The van der Waals surface area contributed by atoms with Crippen molar-refractivity contribution in [3.63, 3.8) is 0 Å². The average Bonchev–Trinajstić information content (AvgIpc) is 3.36. The Bertz CT molecular complexity index is 932. The van der Waals surface area contributed by atoms with Gasteiger partial charge in [0.05, 0.1) is 11.7 Å². The van der Waals surface area contributed by atoms with Crippen molar-refractivity contribution in [2.24, 2.45) is 0 Å². The Hall–Kier alpha value is -2.42. The van der Waals surface area contributed by atoms with Gasteiger partial charge in [-0.2, -0.15) is 0 Å². The van der Waals surface area contributed by atoms with Crippen LogP contribution in [0.4, 0.5) is 10.1 Å². The smallest absolute Gasteiger partial charge is 0.276 e. The van der Waals surface area contributed by atoms with Crippen LogP contribution in [0.5, 0.6) is 0 Å². The van der Waals surface area contributed by atoms with E-state index in [4.69, 9.17) is 9.15 Å². The molecule has 1 aliphatic rings. The molecule has 0 saturated carbocycles. The Kier molecular flexibility index (Phi) is 5.61. The lowest BCUT2D eigenvalue weighted by molar-refractivity contribution is 0.0534. The third-order valence-electron chi connectivity index (χ3n) is 4.48. The quantitative estimate of drug-likeness (QED) is 0.633. The number of hydrogen-bond donors (Lipinski definition) is 1. The van der Waals surface area contributed by atoms with Gasteiger partial charge >= 0.3 is 0 Å². The molecular weight excluding hydrogens is 379 g/mol. The van der Waals surface area contributed by atoms with E-state index < -0.39 is 0 Å². The van der Waals surface area contributed by atoms with Crippen LogP contribution >= 0.6 is 11.8 Å². The van der Waals surface area contributed by atoms with Crippen molar-refractivity contribution in [3.8, 4) is 11.5 Å². The summed E-state index contributed by atoms with van der Waals surface area (Å²) in [5, 5.41) is 11.7. The van der Waals surface area contributed by atoms with E-state index in [2.05, 4.69) is 44.7 Å². The van der Waals surface area contributed by atoms with E-state index in [9.17, 15) is 4.39 Å². The summed E-state index contributed by atoms with van der Waals surface area (Å²) in [5.41, 5.74) is 2.55. The van der Waals surface area contributed by atoms with Crippen LogP contribution in [0, 0.1) is 5.82 Å². The first-order valence-electron chi connectivity index (χ1n) is 8.97. The second-order valence-electron chi connectivity index (χ2n) is 6.70. The fourth-order valence-corrected chi connectivity index (χ4v) is 3.71. The normalized spacial score (nSPS) is 19.1. The van der Waals surface area contributed by atoms with Crippen LogP contribution in [-0.4, -0.2) is 42.7 Å². The summed E-state index contributed by atoms with van der Waals surface area (Å²) in [4.78, 5) is 2.06. The van der Waals surface area contributed by atoms with Crippen molar-refractivity contribution in [3.05, 3.63) is 59.9 Å². The SMILES string of the molecule is CN(C)c1ccc([C@H]2NC[C@@H](CSc3nnc(-c4ccccc4F)o3)O2)cc1. The van der Waals surface area contributed by atoms with Gasteiger partial charge in [-0.25, -0.2) is 4.39 Å². The van der Waals surface area contributed by atoms with Gasteiger partial charge in [-0.05, 0) is 29.8 Å². The highest BCUT2D eigenvalue weighted by atomic mass is 32.2. The second-order valence-corrected chi connectivity index (χ2v) is 7.67. The van der Waals surface area contributed by atoms with Gasteiger partial charge in [0, 0.05) is 32.1 Å². The van der Waals surface area contributed by atoms with Crippen molar-refractivity contribution in [2.75, 3.05) is 31.3 Å². The second kappa shape index (κ2) is 8.30. The molecule has 28 heavy (non-hydrogen) atoms. The van der Waals surface area contributed by atoms with Crippen LogP contribution in [0.2, 0.25) is 0 Å². The number of aromatic nitrogens is 2. The monoisotopic (exact) mass is 400 g/mol. The highest BCUT2D eigenvalue weighted by Crippen LogP contribution is 2.29. The summed E-state index contributed by atoms with van der Waals surface area (Å²) in [7, 11) is 4.03. The molecule has 2 heterocycles. The molecule has 4 rings (SSSR count).